The van der Waals surface area contributed by atoms with Crippen LogP contribution in [0.25, 0.3) is 11.3 Å². The number of rotatable bonds is 3. The third kappa shape index (κ3) is 3.38. The van der Waals surface area contributed by atoms with Gasteiger partial charge >= 0.3 is 0 Å². The molecule has 0 spiro atoms. The molecule has 0 aliphatic carbocycles. The van der Waals surface area contributed by atoms with E-state index < -0.39 is 0 Å². The smallest absolute Gasteiger partial charge is 0.224 e. The number of amides is 1. The van der Waals surface area contributed by atoms with Gasteiger partial charge in [-0.3, -0.25) is 9.48 Å². The maximum absolute atomic E-state index is 12.3. The normalized spacial score (nSPS) is 18.6. The fourth-order valence-corrected chi connectivity index (χ4v) is 4.17. The third-order valence-electron chi connectivity index (χ3n) is 5.32. The number of carbonyl (C=O) groups is 1. The Morgan fingerprint density at radius 2 is 1.93 bits per heavy atom. The van der Waals surface area contributed by atoms with E-state index in [9.17, 15) is 4.79 Å². The van der Waals surface area contributed by atoms with Gasteiger partial charge in [-0.2, -0.15) is 5.10 Å². The van der Waals surface area contributed by atoms with Crippen LogP contribution in [0, 0.1) is 0 Å². The zero-order valence-electron chi connectivity index (χ0n) is 16.2. The number of aryl methyl sites for hydroxylation is 1. The second-order valence-electron chi connectivity index (χ2n) is 7.29. The Kier molecular flexibility index (Phi) is 4.85. The number of anilines is 2. The second kappa shape index (κ2) is 7.32. The molecule has 1 aliphatic rings. The van der Waals surface area contributed by atoms with Crippen molar-refractivity contribution in [3.05, 3.63) is 65.3 Å². The number of halogens is 1. The van der Waals surface area contributed by atoms with Crippen molar-refractivity contribution in [2.75, 3.05) is 10.2 Å². The zero-order chi connectivity index (χ0) is 19.8. The van der Waals surface area contributed by atoms with Crippen molar-refractivity contribution >= 4 is 28.9 Å². The molecule has 1 N–H and O–H groups in total. The summed E-state index contributed by atoms with van der Waals surface area (Å²) in [6.07, 6.45) is 2.62. The summed E-state index contributed by atoms with van der Waals surface area (Å²) < 4.78 is 1.86. The van der Waals surface area contributed by atoms with Gasteiger partial charge in [0, 0.05) is 48.2 Å². The molecule has 0 saturated carbocycles. The lowest BCUT2D eigenvalue weighted by Gasteiger charge is -2.39. The number of aromatic nitrogens is 2. The number of nitrogens with one attached hydrogen (secondary N) is 1. The molecule has 0 fully saturated rings. The maximum Gasteiger partial charge on any atom is 0.224 e. The Balaban J connectivity index is 1.78. The minimum Gasteiger partial charge on any atom is -0.378 e. The molecule has 2 atom stereocenters. The first-order valence-corrected chi connectivity index (χ1v) is 9.76. The van der Waals surface area contributed by atoms with Crippen LogP contribution in [-0.4, -0.2) is 21.7 Å². The molecule has 1 aromatic heterocycles. The first-order valence-electron chi connectivity index (χ1n) is 9.38. The average molecular weight is 395 g/mol. The zero-order valence-corrected chi connectivity index (χ0v) is 16.9. The van der Waals surface area contributed by atoms with Gasteiger partial charge in [-0.1, -0.05) is 17.7 Å². The van der Waals surface area contributed by atoms with Crippen molar-refractivity contribution in [2.24, 2.45) is 7.05 Å². The van der Waals surface area contributed by atoms with E-state index >= 15 is 0 Å². The summed E-state index contributed by atoms with van der Waals surface area (Å²) >= 11 is 6.03. The van der Waals surface area contributed by atoms with Crippen LogP contribution in [0.4, 0.5) is 11.4 Å². The van der Waals surface area contributed by atoms with Crippen molar-refractivity contribution in [3.8, 4) is 11.3 Å². The highest BCUT2D eigenvalue weighted by molar-refractivity contribution is 6.30. The molecule has 0 bridgehead atoms. The largest absolute Gasteiger partial charge is 0.378 e. The van der Waals surface area contributed by atoms with Gasteiger partial charge in [0.2, 0.25) is 5.91 Å². The van der Waals surface area contributed by atoms with Crippen molar-refractivity contribution in [3.63, 3.8) is 0 Å². The van der Waals surface area contributed by atoms with Gasteiger partial charge in [-0.05, 0) is 61.4 Å². The molecule has 3 aromatic rings. The Morgan fingerprint density at radius 3 is 2.57 bits per heavy atom. The standard InChI is InChI=1S/C22H23ClN4O/c1-14-12-20(25-18-7-5-17(23)6-8-18)19-13-16(21-10-11-24-26(21)3)4-9-22(19)27(14)15(2)28/h4-11,13-14,20,25H,12H2,1-3H3/t14-,20+/m0/s1. The third-order valence-corrected chi connectivity index (χ3v) is 5.57. The minimum absolute atomic E-state index is 0.0620. The predicted octanol–water partition coefficient (Wildman–Crippen LogP) is 5.04. The molecule has 2 heterocycles. The van der Waals surface area contributed by atoms with Gasteiger partial charge in [0.25, 0.3) is 0 Å². The van der Waals surface area contributed by atoms with E-state index in [-0.39, 0.29) is 18.0 Å². The second-order valence-corrected chi connectivity index (χ2v) is 7.73. The fourth-order valence-electron chi connectivity index (χ4n) is 4.04. The molecule has 0 radical (unpaired) electrons. The van der Waals surface area contributed by atoms with E-state index in [0.717, 1.165) is 34.6 Å². The van der Waals surface area contributed by atoms with Crippen molar-refractivity contribution in [2.45, 2.75) is 32.4 Å². The molecule has 4 rings (SSSR count). The Morgan fingerprint density at radius 1 is 1.18 bits per heavy atom. The minimum atomic E-state index is 0.0620. The van der Waals surface area contributed by atoms with Gasteiger partial charge in [-0.25, -0.2) is 0 Å². The lowest BCUT2D eigenvalue weighted by Crippen LogP contribution is -2.43. The Labute approximate surface area is 169 Å². The van der Waals surface area contributed by atoms with E-state index in [1.807, 2.05) is 53.0 Å². The van der Waals surface area contributed by atoms with Gasteiger partial charge in [0.05, 0.1) is 11.7 Å². The number of carbonyl (C=O) groups excluding carboxylic acids is 1. The first kappa shape index (κ1) is 18.6. The number of hydrogen-bond donors (Lipinski definition) is 1. The molecular formula is C22H23ClN4O. The quantitative estimate of drug-likeness (QED) is 0.677. The van der Waals surface area contributed by atoms with Crippen LogP contribution in [0.15, 0.2) is 54.7 Å². The van der Waals surface area contributed by atoms with E-state index in [1.165, 1.54) is 0 Å². The maximum atomic E-state index is 12.3. The summed E-state index contributed by atoms with van der Waals surface area (Å²) in [5.41, 5.74) is 5.21. The van der Waals surface area contributed by atoms with Crippen LogP contribution in [0.1, 0.15) is 31.9 Å². The van der Waals surface area contributed by atoms with E-state index in [0.29, 0.717) is 5.02 Å². The fraction of sp³-hybridized carbons (Fsp3) is 0.273. The molecule has 28 heavy (non-hydrogen) atoms. The van der Waals surface area contributed by atoms with E-state index in [1.54, 1.807) is 13.1 Å². The van der Waals surface area contributed by atoms with Crippen LogP contribution in [0.3, 0.4) is 0 Å². The van der Waals surface area contributed by atoms with E-state index in [4.69, 9.17) is 11.6 Å². The molecular weight excluding hydrogens is 372 g/mol. The number of benzene rings is 2. The molecule has 5 nitrogen and oxygen atoms in total. The molecule has 6 heteroatoms. The molecule has 1 amide bonds. The predicted molar refractivity (Wildman–Crippen MR) is 114 cm³/mol. The van der Waals surface area contributed by atoms with Crippen LogP contribution >= 0.6 is 11.6 Å². The Hall–Kier alpha value is -2.79. The van der Waals surface area contributed by atoms with Crippen LogP contribution in [-0.2, 0) is 11.8 Å². The van der Waals surface area contributed by atoms with Crippen molar-refractivity contribution in [1.82, 2.24) is 9.78 Å². The van der Waals surface area contributed by atoms with Crippen LogP contribution < -0.4 is 10.2 Å². The summed E-state index contributed by atoms with van der Waals surface area (Å²) in [5.74, 6) is 0.0620. The average Bonchev–Trinajstić information content (AvgIpc) is 3.09. The number of nitrogens with zero attached hydrogens (tertiary/aromatic N) is 3. The van der Waals surface area contributed by atoms with Crippen LogP contribution in [0.2, 0.25) is 5.02 Å². The number of fused-ring (bicyclic) bond motifs is 1. The Bertz CT molecular complexity index is 1010. The topological polar surface area (TPSA) is 50.2 Å². The highest BCUT2D eigenvalue weighted by atomic mass is 35.5. The van der Waals surface area contributed by atoms with Gasteiger partial charge in [0.1, 0.15) is 0 Å². The van der Waals surface area contributed by atoms with Crippen molar-refractivity contribution < 1.29 is 4.79 Å². The molecule has 0 unspecified atom stereocenters. The summed E-state index contributed by atoms with van der Waals surface area (Å²) in [7, 11) is 1.93. The van der Waals surface area contributed by atoms with Crippen LogP contribution in [0.5, 0.6) is 0 Å². The van der Waals surface area contributed by atoms with Gasteiger partial charge in [0.15, 0.2) is 0 Å². The SMILES string of the molecule is CC(=O)N1c2ccc(-c3ccnn3C)cc2[C@H](Nc2ccc(Cl)cc2)C[C@@H]1C. The molecule has 0 saturated heterocycles. The number of hydrogen-bond acceptors (Lipinski definition) is 3. The van der Waals surface area contributed by atoms with E-state index in [2.05, 4.69) is 29.5 Å². The first-order chi connectivity index (χ1) is 13.4. The summed E-state index contributed by atoms with van der Waals surface area (Å²) in [6, 6.07) is 16.2. The molecule has 2 aromatic carbocycles. The summed E-state index contributed by atoms with van der Waals surface area (Å²) in [5, 5.41) is 8.61. The summed E-state index contributed by atoms with van der Waals surface area (Å²) in [4.78, 5) is 14.2. The van der Waals surface area contributed by atoms with Gasteiger partial charge < -0.3 is 10.2 Å². The molecule has 144 valence electrons. The highest BCUT2D eigenvalue weighted by Crippen LogP contribution is 2.41. The highest BCUT2D eigenvalue weighted by Gasteiger charge is 2.32. The lowest BCUT2D eigenvalue weighted by molar-refractivity contribution is -0.117. The lowest BCUT2D eigenvalue weighted by atomic mass is 9.89. The van der Waals surface area contributed by atoms with Crippen molar-refractivity contribution in [1.29, 1.82) is 0 Å². The monoisotopic (exact) mass is 394 g/mol. The molecule has 1 aliphatic heterocycles. The summed E-state index contributed by atoms with van der Waals surface area (Å²) in [6.45, 7) is 3.72. The van der Waals surface area contributed by atoms with Gasteiger partial charge in [-0.15, -0.1) is 0 Å².